The largest absolute Gasteiger partial charge is 0.277 e. The Kier molecular flexibility index (Phi) is 5.03. The first kappa shape index (κ1) is 23.9. The lowest BCUT2D eigenvalue weighted by Gasteiger charge is -2.13. The Hall–Kier alpha value is -5.17. The molecule has 3 heterocycles. The molecule has 7 aromatic rings. The molecule has 0 unspecified atom stereocenters. The van der Waals surface area contributed by atoms with Gasteiger partial charge in [0.2, 0.25) is 11.2 Å². The van der Waals surface area contributed by atoms with Gasteiger partial charge in [-0.3, -0.25) is 23.7 Å². The summed E-state index contributed by atoms with van der Waals surface area (Å²) in [7, 11) is 1.39. The number of hydrogen-bond acceptors (Lipinski definition) is 4. The van der Waals surface area contributed by atoms with Crippen LogP contribution in [0.25, 0.3) is 60.2 Å². The fourth-order valence-corrected chi connectivity index (χ4v) is 6.03. The molecule has 0 fully saturated rings. The average molecular weight is 527 g/mol. The van der Waals surface area contributed by atoms with E-state index in [1.165, 1.54) is 19.2 Å². The van der Waals surface area contributed by atoms with E-state index in [9.17, 15) is 19.2 Å². The second-order valence-corrected chi connectivity index (χ2v) is 10.3. The minimum absolute atomic E-state index is 0.126. The average Bonchev–Trinajstić information content (AvgIpc) is 3.34. The van der Waals surface area contributed by atoms with Gasteiger partial charge in [-0.15, -0.1) is 0 Å². The van der Waals surface area contributed by atoms with Gasteiger partial charge in [-0.2, -0.15) is 4.57 Å². The van der Waals surface area contributed by atoms with Gasteiger partial charge in [0, 0.05) is 24.1 Å². The molecule has 0 bridgehead atoms. The summed E-state index contributed by atoms with van der Waals surface area (Å²) in [4.78, 5) is 52.4. The zero-order valence-corrected chi connectivity index (χ0v) is 22.2. The Labute approximate surface area is 227 Å². The lowest BCUT2D eigenvalue weighted by atomic mass is 9.97. The molecule has 0 saturated carbocycles. The van der Waals surface area contributed by atoms with Crippen molar-refractivity contribution < 1.29 is 4.57 Å². The van der Waals surface area contributed by atoms with E-state index in [-0.39, 0.29) is 21.5 Å². The van der Waals surface area contributed by atoms with E-state index in [0.717, 1.165) is 54.2 Å². The van der Waals surface area contributed by atoms with Crippen LogP contribution in [0.1, 0.15) is 12.5 Å². The summed E-state index contributed by atoms with van der Waals surface area (Å²) >= 11 is 0. The van der Waals surface area contributed by atoms with E-state index >= 15 is 0 Å². The summed E-state index contributed by atoms with van der Waals surface area (Å²) in [5.41, 5.74) is 2.72. The topological polar surface area (TPSA) is 82.0 Å². The van der Waals surface area contributed by atoms with Gasteiger partial charge in [0.25, 0.3) is 22.2 Å². The van der Waals surface area contributed by atoms with E-state index in [2.05, 4.69) is 48.7 Å². The first-order chi connectivity index (χ1) is 19.3. The Morgan fingerprint density at radius 1 is 0.625 bits per heavy atom. The molecule has 7 heteroatoms. The van der Waals surface area contributed by atoms with Gasteiger partial charge < -0.3 is 0 Å². The van der Waals surface area contributed by atoms with Gasteiger partial charge in [-0.05, 0) is 61.9 Å². The Bertz CT molecular complexity index is 2330. The van der Waals surface area contributed by atoms with Gasteiger partial charge >= 0.3 is 0 Å². The highest BCUT2D eigenvalue weighted by atomic mass is 16.2. The molecule has 0 N–H and O–H groups in total. The van der Waals surface area contributed by atoms with E-state index in [4.69, 9.17) is 0 Å². The van der Waals surface area contributed by atoms with Crippen molar-refractivity contribution in [2.45, 2.75) is 20.4 Å². The third-order valence-electron chi connectivity index (χ3n) is 7.98. The molecule has 0 amide bonds. The zero-order chi connectivity index (χ0) is 27.9. The molecule has 0 atom stereocenters. The molecule has 0 aliphatic rings. The Balaban J connectivity index is 1.60. The number of hydrogen-bond donors (Lipinski definition) is 0. The van der Waals surface area contributed by atoms with Crippen LogP contribution in [-0.4, -0.2) is 9.13 Å². The van der Waals surface area contributed by atoms with Crippen LogP contribution in [0.3, 0.4) is 0 Å². The standard InChI is InChI=1S/C33H24N3O4/c1-4-35-28-14-18(2)10-12-22(28)21-13-11-20(15-23(21)29(35)19-8-6-5-7-9-19)36-32(39)26-16-24-25(17-27(26)33(36)40)31(38)34(3)30(24)37/h5-17H,4H2,1-3H3/q+1. The van der Waals surface area contributed by atoms with Crippen LogP contribution in [0.15, 0.2) is 98.0 Å². The predicted molar refractivity (Wildman–Crippen MR) is 158 cm³/mol. The summed E-state index contributed by atoms with van der Waals surface area (Å²) in [6.07, 6.45) is 0. The number of fused-ring (bicyclic) bond motifs is 5. The number of nitrogens with zero attached hydrogens (tertiary/aromatic N) is 3. The van der Waals surface area contributed by atoms with Crippen LogP contribution in [0, 0.1) is 6.92 Å². The molecule has 0 saturated heterocycles. The number of aryl methyl sites for hydroxylation is 2. The van der Waals surface area contributed by atoms with Gasteiger partial charge in [-0.1, -0.05) is 30.3 Å². The summed E-state index contributed by atoms with van der Waals surface area (Å²) in [5.74, 6) is 0. The maximum Gasteiger partial charge on any atom is 0.266 e. The molecule has 4 aromatic carbocycles. The molecule has 7 nitrogen and oxygen atoms in total. The lowest BCUT2D eigenvalue weighted by molar-refractivity contribution is -0.655. The smallest absolute Gasteiger partial charge is 0.266 e. The maximum atomic E-state index is 13.6. The Morgan fingerprint density at radius 3 is 1.85 bits per heavy atom. The summed E-state index contributed by atoms with van der Waals surface area (Å²) in [6.45, 7) is 4.90. The van der Waals surface area contributed by atoms with Crippen molar-refractivity contribution in [3.63, 3.8) is 0 Å². The van der Waals surface area contributed by atoms with Crippen LogP contribution in [0.4, 0.5) is 0 Å². The number of rotatable bonds is 3. The SMILES string of the molecule is CC[n+]1c(-c2ccccc2)c2cc(-n3c(=O)c4cc5c(=O)n(C)c(=O)c5cc4c3=O)ccc2c2ccc(C)cc21. The van der Waals surface area contributed by atoms with Crippen LogP contribution in [-0.2, 0) is 13.6 Å². The van der Waals surface area contributed by atoms with E-state index in [1.807, 2.05) is 30.3 Å². The van der Waals surface area contributed by atoms with Crippen molar-refractivity contribution >= 4 is 43.2 Å². The van der Waals surface area contributed by atoms with Crippen LogP contribution in [0.2, 0.25) is 0 Å². The molecule has 194 valence electrons. The second kappa shape index (κ2) is 8.41. The molecule has 7 rings (SSSR count). The highest BCUT2D eigenvalue weighted by Gasteiger charge is 2.24. The first-order valence-electron chi connectivity index (χ1n) is 13.1. The van der Waals surface area contributed by atoms with E-state index < -0.39 is 22.2 Å². The monoisotopic (exact) mass is 526 g/mol. The zero-order valence-electron chi connectivity index (χ0n) is 22.2. The van der Waals surface area contributed by atoms with Crippen LogP contribution in [0.5, 0.6) is 0 Å². The fraction of sp³-hybridized carbons (Fsp3) is 0.121. The maximum absolute atomic E-state index is 13.6. The molecule has 0 aliphatic heterocycles. The first-order valence-corrected chi connectivity index (χ1v) is 13.1. The van der Waals surface area contributed by atoms with Crippen molar-refractivity contribution in [1.29, 1.82) is 0 Å². The quantitative estimate of drug-likeness (QED) is 0.257. The van der Waals surface area contributed by atoms with E-state index in [1.54, 1.807) is 6.07 Å². The predicted octanol–water partition coefficient (Wildman–Crippen LogP) is 4.03. The fourth-order valence-electron chi connectivity index (χ4n) is 6.03. The molecule has 40 heavy (non-hydrogen) atoms. The minimum atomic E-state index is -0.516. The minimum Gasteiger partial charge on any atom is -0.277 e. The molecule has 0 radical (unpaired) electrons. The normalized spacial score (nSPS) is 11.9. The number of aromatic nitrogens is 3. The van der Waals surface area contributed by atoms with Crippen LogP contribution >= 0.6 is 0 Å². The van der Waals surface area contributed by atoms with Crippen molar-refractivity contribution in [2.24, 2.45) is 7.05 Å². The Morgan fingerprint density at radius 2 is 1.23 bits per heavy atom. The highest BCUT2D eigenvalue weighted by Crippen LogP contribution is 2.33. The summed E-state index contributed by atoms with van der Waals surface area (Å²) < 4.78 is 4.41. The van der Waals surface area contributed by atoms with Gasteiger partial charge in [0.05, 0.1) is 38.0 Å². The molecule has 0 spiro atoms. The third kappa shape index (κ3) is 3.15. The molecular formula is C33H24N3O4+. The van der Waals surface area contributed by atoms with Gasteiger partial charge in [0.15, 0.2) is 0 Å². The van der Waals surface area contributed by atoms with Crippen molar-refractivity contribution in [3.8, 4) is 16.9 Å². The third-order valence-corrected chi connectivity index (χ3v) is 7.98. The number of pyridine rings is 1. The van der Waals surface area contributed by atoms with Gasteiger partial charge in [0.1, 0.15) is 6.54 Å². The molecule has 3 aromatic heterocycles. The van der Waals surface area contributed by atoms with Crippen LogP contribution < -0.4 is 26.8 Å². The summed E-state index contributed by atoms with van der Waals surface area (Å²) in [6, 6.07) is 24.9. The summed E-state index contributed by atoms with van der Waals surface area (Å²) in [5, 5.41) is 3.54. The van der Waals surface area contributed by atoms with Crippen molar-refractivity contribution in [1.82, 2.24) is 9.13 Å². The second-order valence-electron chi connectivity index (χ2n) is 10.3. The van der Waals surface area contributed by atoms with Crippen molar-refractivity contribution in [2.75, 3.05) is 0 Å². The number of benzene rings is 4. The van der Waals surface area contributed by atoms with Crippen molar-refractivity contribution in [3.05, 3.63) is 126 Å². The molecule has 0 aliphatic carbocycles. The highest BCUT2D eigenvalue weighted by molar-refractivity contribution is 6.09. The lowest BCUT2D eigenvalue weighted by Crippen LogP contribution is -2.36. The molecular weight excluding hydrogens is 502 g/mol. The van der Waals surface area contributed by atoms with Gasteiger partial charge in [-0.25, -0.2) is 4.57 Å². The van der Waals surface area contributed by atoms with E-state index in [0.29, 0.717) is 5.69 Å².